The quantitative estimate of drug-likeness (QED) is 0.496. The predicted molar refractivity (Wildman–Crippen MR) is 108 cm³/mol. The largest absolute Gasteiger partial charge is 0.497 e. The van der Waals surface area contributed by atoms with Crippen LogP contribution in [0, 0.1) is 0 Å². The highest BCUT2D eigenvalue weighted by Crippen LogP contribution is 2.37. The molecule has 0 amide bonds. The molecule has 2 aromatic heterocycles. The van der Waals surface area contributed by atoms with Gasteiger partial charge in [-0.3, -0.25) is 4.68 Å². The van der Waals surface area contributed by atoms with Crippen molar-refractivity contribution in [2.75, 3.05) is 13.9 Å². The molecule has 6 rings (SSSR count). The lowest BCUT2D eigenvalue weighted by molar-refractivity contribution is -0.00122. The van der Waals surface area contributed by atoms with E-state index in [1.165, 1.54) is 0 Å². The fourth-order valence-corrected chi connectivity index (χ4v) is 3.73. The minimum Gasteiger partial charge on any atom is -0.497 e. The molecular formula is C22H18N4O5. The van der Waals surface area contributed by atoms with Gasteiger partial charge in [0, 0.05) is 5.56 Å². The molecule has 0 aliphatic carbocycles. The Bertz CT molecular complexity index is 1250. The van der Waals surface area contributed by atoms with Crippen LogP contribution < -0.4 is 14.2 Å². The lowest BCUT2D eigenvalue weighted by Gasteiger charge is -2.24. The van der Waals surface area contributed by atoms with Crippen LogP contribution in [0.4, 0.5) is 0 Å². The van der Waals surface area contributed by atoms with Gasteiger partial charge in [0.2, 0.25) is 12.6 Å². The lowest BCUT2D eigenvalue weighted by Crippen LogP contribution is -2.21. The van der Waals surface area contributed by atoms with Crippen LogP contribution in [-0.2, 0) is 17.9 Å². The van der Waals surface area contributed by atoms with Crippen molar-refractivity contribution in [1.82, 2.24) is 19.9 Å². The van der Waals surface area contributed by atoms with Gasteiger partial charge in [-0.15, -0.1) is 0 Å². The minimum atomic E-state index is -0.132. The first-order valence-electron chi connectivity index (χ1n) is 9.83. The molecule has 4 heterocycles. The third kappa shape index (κ3) is 3.19. The number of ether oxygens (including phenoxy) is 4. The Hall–Kier alpha value is -3.85. The van der Waals surface area contributed by atoms with E-state index in [0.29, 0.717) is 30.6 Å². The van der Waals surface area contributed by atoms with Gasteiger partial charge in [0.1, 0.15) is 11.9 Å². The first kappa shape index (κ1) is 18.0. The van der Waals surface area contributed by atoms with E-state index in [1.807, 2.05) is 53.2 Å². The zero-order chi connectivity index (χ0) is 20.8. The third-order valence-electron chi connectivity index (χ3n) is 5.40. The van der Waals surface area contributed by atoms with Gasteiger partial charge in [-0.25, -0.2) is 0 Å². The van der Waals surface area contributed by atoms with E-state index >= 15 is 0 Å². The molecule has 0 bridgehead atoms. The van der Waals surface area contributed by atoms with Crippen LogP contribution in [-0.4, -0.2) is 33.8 Å². The molecule has 1 unspecified atom stereocenters. The number of benzene rings is 2. The second kappa shape index (κ2) is 7.13. The average molecular weight is 418 g/mol. The number of rotatable bonds is 4. The summed E-state index contributed by atoms with van der Waals surface area (Å²) in [5, 5.41) is 8.76. The van der Waals surface area contributed by atoms with E-state index in [4.69, 9.17) is 23.5 Å². The molecular weight excluding hydrogens is 400 g/mol. The van der Waals surface area contributed by atoms with Crippen molar-refractivity contribution in [3.05, 3.63) is 59.8 Å². The molecule has 0 fully saturated rings. The fourth-order valence-electron chi connectivity index (χ4n) is 3.73. The van der Waals surface area contributed by atoms with Crippen LogP contribution in [0.5, 0.6) is 17.2 Å². The molecule has 0 radical (unpaired) electrons. The first-order chi connectivity index (χ1) is 15.3. The minimum absolute atomic E-state index is 0.132. The molecule has 0 spiro atoms. The maximum Gasteiger partial charge on any atom is 0.278 e. The molecule has 2 aliphatic rings. The van der Waals surface area contributed by atoms with E-state index in [2.05, 4.69) is 15.2 Å². The predicted octanol–water partition coefficient (Wildman–Crippen LogP) is 3.61. The number of hydrogen-bond donors (Lipinski definition) is 0. The highest BCUT2D eigenvalue weighted by Gasteiger charge is 2.26. The summed E-state index contributed by atoms with van der Waals surface area (Å²) in [6.07, 6.45) is -0.132. The summed E-state index contributed by atoms with van der Waals surface area (Å²) in [7, 11) is 1.63. The Morgan fingerprint density at radius 2 is 1.90 bits per heavy atom. The van der Waals surface area contributed by atoms with Crippen LogP contribution >= 0.6 is 0 Å². The SMILES string of the molecule is COc1ccc(-c2noc(-c3cc4n(n3)CC(c3ccc5c(c3)OCO5)OC4)n2)cc1. The van der Waals surface area contributed by atoms with E-state index in [9.17, 15) is 0 Å². The molecule has 2 aliphatic heterocycles. The highest BCUT2D eigenvalue weighted by atomic mass is 16.7. The number of nitrogens with zero attached hydrogens (tertiary/aromatic N) is 4. The van der Waals surface area contributed by atoms with Gasteiger partial charge in [0.15, 0.2) is 17.2 Å². The van der Waals surface area contributed by atoms with Gasteiger partial charge in [-0.05, 0) is 48.0 Å². The zero-order valence-corrected chi connectivity index (χ0v) is 16.6. The normalized spacial score (nSPS) is 16.9. The van der Waals surface area contributed by atoms with Crippen LogP contribution in [0.1, 0.15) is 17.4 Å². The summed E-state index contributed by atoms with van der Waals surface area (Å²) in [4.78, 5) is 4.50. The van der Waals surface area contributed by atoms with Gasteiger partial charge in [-0.1, -0.05) is 11.2 Å². The molecule has 0 saturated heterocycles. The Kier molecular flexibility index (Phi) is 4.13. The molecule has 0 N–H and O–H groups in total. The van der Waals surface area contributed by atoms with Crippen LogP contribution in [0.3, 0.4) is 0 Å². The Balaban J connectivity index is 1.23. The Morgan fingerprint density at radius 1 is 1.03 bits per heavy atom. The molecule has 156 valence electrons. The van der Waals surface area contributed by atoms with E-state index in [0.717, 1.165) is 34.1 Å². The Morgan fingerprint density at radius 3 is 2.77 bits per heavy atom. The number of methoxy groups -OCH3 is 1. The summed E-state index contributed by atoms with van der Waals surface area (Å²) < 4.78 is 29.5. The number of hydrogen-bond acceptors (Lipinski definition) is 8. The monoisotopic (exact) mass is 418 g/mol. The summed E-state index contributed by atoms with van der Waals surface area (Å²) in [5.41, 5.74) is 3.44. The Labute approximate surface area is 177 Å². The highest BCUT2D eigenvalue weighted by molar-refractivity contribution is 5.59. The molecule has 4 aromatic rings. The summed E-state index contributed by atoms with van der Waals surface area (Å²) in [6.45, 7) is 1.26. The topological polar surface area (TPSA) is 93.7 Å². The van der Waals surface area contributed by atoms with Crippen molar-refractivity contribution >= 4 is 0 Å². The summed E-state index contributed by atoms with van der Waals surface area (Å²) in [6, 6.07) is 15.3. The number of aromatic nitrogens is 4. The molecule has 9 nitrogen and oxygen atoms in total. The summed E-state index contributed by atoms with van der Waals surface area (Å²) >= 11 is 0. The molecule has 31 heavy (non-hydrogen) atoms. The van der Waals surface area contributed by atoms with Crippen molar-refractivity contribution in [3.63, 3.8) is 0 Å². The molecule has 1 atom stereocenters. The van der Waals surface area contributed by atoms with Crippen LogP contribution in [0.25, 0.3) is 23.0 Å². The molecule has 0 saturated carbocycles. The van der Waals surface area contributed by atoms with Crippen LogP contribution in [0.15, 0.2) is 53.1 Å². The second-order valence-corrected chi connectivity index (χ2v) is 7.27. The average Bonchev–Trinajstić information content (AvgIpc) is 3.57. The first-order valence-corrected chi connectivity index (χ1v) is 9.83. The van der Waals surface area contributed by atoms with Gasteiger partial charge in [-0.2, -0.15) is 10.1 Å². The van der Waals surface area contributed by atoms with E-state index in [1.54, 1.807) is 7.11 Å². The summed E-state index contributed by atoms with van der Waals surface area (Å²) in [5.74, 6) is 3.13. The maximum atomic E-state index is 6.06. The fraction of sp³-hybridized carbons (Fsp3) is 0.227. The van der Waals surface area contributed by atoms with Crippen molar-refractivity contribution in [2.45, 2.75) is 19.3 Å². The molecule has 9 heteroatoms. The van der Waals surface area contributed by atoms with Gasteiger partial charge in [0.25, 0.3) is 5.89 Å². The lowest BCUT2D eigenvalue weighted by atomic mass is 10.1. The van der Waals surface area contributed by atoms with Crippen molar-refractivity contribution < 1.29 is 23.5 Å². The third-order valence-corrected chi connectivity index (χ3v) is 5.40. The van der Waals surface area contributed by atoms with E-state index < -0.39 is 0 Å². The van der Waals surface area contributed by atoms with E-state index in [-0.39, 0.29) is 12.9 Å². The van der Waals surface area contributed by atoms with Crippen molar-refractivity contribution in [2.24, 2.45) is 0 Å². The second-order valence-electron chi connectivity index (χ2n) is 7.27. The van der Waals surface area contributed by atoms with Crippen molar-refractivity contribution in [1.29, 1.82) is 0 Å². The van der Waals surface area contributed by atoms with Gasteiger partial charge >= 0.3 is 0 Å². The standard InChI is InChI=1S/C22H18N4O5/c1-27-16-5-2-13(3-6-16)21-23-22(31-25-21)17-9-15-11-28-20(10-26(15)24-17)14-4-7-18-19(8-14)30-12-29-18/h2-9,20H,10-12H2,1H3. The van der Waals surface area contributed by atoms with Crippen molar-refractivity contribution in [3.8, 4) is 40.2 Å². The maximum absolute atomic E-state index is 6.06. The van der Waals surface area contributed by atoms with Crippen LogP contribution in [0.2, 0.25) is 0 Å². The number of fused-ring (bicyclic) bond motifs is 2. The smallest absolute Gasteiger partial charge is 0.278 e. The molecule has 2 aromatic carbocycles. The zero-order valence-electron chi connectivity index (χ0n) is 16.6. The van der Waals surface area contributed by atoms with Gasteiger partial charge < -0.3 is 23.5 Å². The van der Waals surface area contributed by atoms with Gasteiger partial charge in [0.05, 0.1) is 26.0 Å².